The molecule has 2 amide bonds. The van der Waals surface area contributed by atoms with Gasteiger partial charge in [0, 0.05) is 41.0 Å². The Hall–Kier alpha value is -2.53. The Balaban J connectivity index is 1.94. The lowest BCUT2D eigenvalue weighted by Crippen LogP contribution is -2.51. The number of nitrogens with one attached hydrogen (secondary N) is 1. The first-order valence-corrected chi connectivity index (χ1v) is 13.2. The van der Waals surface area contributed by atoms with Crippen LogP contribution in [0.25, 0.3) is 0 Å². The number of nitrogens with zero attached hydrogens (tertiary/aromatic N) is 1. The number of halogens is 3. The first kappa shape index (κ1) is 28.0. The highest BCUT2D eigenvalue weighted by Crippen LogP contribution is 2.25. The summed E-state index contributed by atoms with van der Waals surface area (Å²) in [5, 5.41) is 4.60. The van der Waals surface area contributed by atoms with Gasteiger partial charge in [-0.1, -0.05) is 103 Å². The number of benzene rings is 3. The average molecular weight is 546 g/mol. The molecule has 7 heteroatoms. The predicted octanol–water partition coefficient (Wildman–Crippen LogP) is 6.99. The maximum Gasteiger partial charge on any atom is 0.243 e. The van der Waals surface area contributed by atoms with Crippen LogP contribution in [0.2, 0.25) is 15.1 Å². The van der Waals surface area contributed by atoms with Gasteiger partial charge in [0.15, 0.2) is 0 Å². The molecular formula is C29H31Cl3N2O2. The van der Waals surface area contributed by atoms with E-state index in [4.69, 9.17) is 34.8 Å². The van der Waals surface area contributed by atoms with Crippen molar-refractivity contribution in [1.82, 2.24) is 10.2 Å². The second-order valence-corrected chi connectivity index (χ2v) is 10.4. The Kier molecular flexibility index (Phi) is 10.7. The minimum Gasteiger partial charge on any atom is -0.354 e. The summed E-state index contributed by atoms with van der Waals surface area (Å²) in [6, 6.07) is 21.7. The number of hydrogen-bond acceptors (Lipinski definition) is 2. The van der Waals surface area contributed by atoms with Crippen molar-refractivity contribution in [1.29, 1.82) is 0 Å². The Bertz CT molecular complexity index is 1170. The first-order chi connectivity index (χ1) is 17.2. The van der Waals surface area contributed by atoms with Gasteiger partial charge >= 0.3 is 0 Å². The fourth-order valence-electron chi connectivity index (χ4n) is 3.90. The van der Waals surface area contributed by atoms with Crippen LogP contribution in [-0.4, -0.2) is 29.3 Å². The van der Waals surface area contributed by atoms with Crippen molar-refractivity contribution >= 4 is 46.6 Å². The Morgan fingerprint density at radius 1 is 0.861 bits per heavy atom. The molecule has 3 aromatic carbocycles. The number of carbonyl (C=O) groups is 2. The third kappa shape index (κ3) is 8.26. The molecule has 0 saturated carbocycles. The van der Waals surface area contributed by atoms with E-state index in [-0.39, 0.29) is 30.7 Å². The van der Waals surface area contributed by atoms with Crippen LogP contribution in [0.1, 0.15) is 37.0 Å². The third-order valence-corrected chi connectivity index (χ3v) is 6.83. The summed E-state index contributed by atoms with van der Waals surface area (Å²) >= 11 is 18.9. The van der Waals surface area contributed by atoms with Crippen LogP contribution in [0, 0.1) is 5.92 Å². The molecule has 3 rings (SSSR count). The van der Waals surface area contributed by atoms with Crippen molar-refractivity contribution in [2.24, 2.45) is 5.92 Å². The molecule has 1 N–H and O–H groups in total. The van der Waals surface area contributed by atoms with Crippen molar-refractivity contribution in [3.63, 3.8) is 0 Å². The summed E-state index contributed by atoms with van der Waals surface area (Å²) in [7, 11) is 0. The normalized spacial score (nSPS) is 11.8. The molecule has 0 saturated heterocycles. The smallest absolute Gasteiger partial charge is 0.243 e. The topological polar surface area (TPSA) is 49.4 Å². The van der Waals surface area contributed by atoms with Crippen molar-refractivity contribution < 1.29 is 9.59 Å². The molecule has 190 valence electrons. The van der Waals surface area contributed by atoms with Gasteiger partial charge in [0.2, 0.25) is 11.8 Å². The lowest BCUT2D eigenvalue weighted by molar-refractivity contribution is -0.141. The van der Waals surface area contributed by atoms with E-state index in [1.54, 1.807) is 23.1 Å². The average Bonchev–Trinajstić information content (AvgIpc) is 2.85. The summed E-state index contributed by atoms with van der Waals surface area (Å²) in [6.45, 7) is 4.77. The van der Waals surface area contributed by atoms with E-state index in [0.29, 0.717) is 34.5 Å². The predicted molar refractivity (Wildman–Crippen MR) is 149 cm³/mol. The van der Waals surface area contributed by atoms with Crippen molar-refractivity contribution in [2.75, 3.05) is 6.54 Å². The number of hydrogen-bond donors (Lipinski definition) is 1. The molecule has 0 unspecified atom stereocenters. The zero-order chi connectivity index (χ0) is 26.1. The lowest BCUT2D eigenvalue weighted by atomic mass is 10.0. The molecule has 0 aliphatic rings. The van der Waals surface area contributed by atoms with E-state index >= 15 is 0 Å². The highest BCUT2D eigenvalue weighted by Gasteiger charge is 2.30. The Morgan fingerprint density at radius 3 is 2.22 bits per heavy atom. The Labute approximate surface area is 228 Å². The fraction of sp³-hybridized carbons (Fsp3) is 0.310. The monoisotopic (exact) mass is 544 g/mol. The van der Waals surface area contributed by atoms with Crippen LogP contribution < -0.4 is 5.32 Å². The molecule has 0 spiro atoms. The fourth-order valence-corrected chi connectivity index (χ4v) is 4.59. The molecule has 3 aromatic rings. The molecular weight excluding hydrogens is 515 g/mol. The molecule has 0 aliphatic carbocycles. The zero-order valence-electron chi connectivity index (χ0n) is 20.5. The van der Waals surface area contributed by atoms with Gasteiger partial charge in [-0.3, -0.25) is 9.59 Å². The minimum absolute atomic E-state index is 0.151. The molecule has 0 heterocycles. The second-order valence-electron chi connectivity index (χ2n) is 9.19. The Morgan fingerprint density at radius 2 is 1.56 bits per heavy atom. The van der Waals surface area contributed by atoms with Crippen molar-refractivity contribution in [3.05, 3.63) is 105 Å². The van der Waals surface area contributed by atoms with E-state index in [0.717, 1.165) is 16.7 Å². The summed E-state index contributed by atoms with van der Waals surface area (Å²) in [4.78, 5) is 28.8. The molecule has 0 aromatic heterocycles. The molecule has 0 fully saturated rings. The summed E-state index contributed by atoms with van der Waals surface area (Å²) < 4.78 is 0. The summed E-state index contributed by atoms with van der Waals surface area (Å²) in [5.41, 5.74) is 2.58. The third-order valence-electron chi connectivity index (χ3n) is 5.88. The van der Waals surface area contributed by atoms with Gasteiger partial charge in [-0.25, -0.2) is 0 Å². The van der Waals surface area contributed by atoms with Gasteiger partial charge in [0.1, 0.15) is 6.04 Å². The minimum atomic E-state index is -0.711. The van der Waals surface area contributed by atoms with E-state index < -0.39 is 6.04 Å². The van der Waals surface area contributed by atoms with Crippen LogP contribution >= 0.6 is 34.8 Å². The molecule has 36 heavy (non-hydrogen) atoms. The highest BCUT2D eigenvalue weighted by molar-refractivity contribution is 6.35. The molecule has 1 atom stereocenters. The first-order valence-electron chi connectivity index (χ1n) is 12.0. The molecule has 0 bridgehead atoms. The van der Waals surface area contributed by atoms with Gasteiger partial charge in [0.25, 0.3) is 0 Å². The highest BCUT2D eigenvalue weighted by atomic mass is 35.5. The molecule has 0 radical (unpaired) electrons. The standard InChI is InChI=1S/C29H31Cl3N2O2/c1-20(2)18-33-29(36)27(16-21-8-4-3-5-9-21)34(19-23-12-14-24(30)17-26(23)32)28(35)15-13-22-10-6-7-11-25(22)31/h3-12,14,17,20,27H,13,15-16,18-19H2,1-2H3,(H,33,36)/t27-/m1/s1. The maximum atomic E-state index is 13.7. The van der Waals surface area contributed by atoms with Crippen LogP contribution in [0.5, 0.6) is 0 Å². The number of carbonyl (C=O) groups excluding carboxylic acids is 2. The van der Waals surface area contributed by atoms with Gasteiger partial charge in [-0.15, -0.1) is 0 Å². The van der Waals surface area contributed by atoms with Crippen LogP contribution in [0.15, 0.2) is 72.8 Å². The van der Waals surface area contributed by atoms with Crippen LogP contribution in [0.4, 0.5) is 0 Å². The van der Waals surface area contributed by atoms with Gasteiger partial charge in [-0.05, 0) is 47.2 Å². The quantitative estimate of drug-likeness (QED) is 0.282. The van der Waals surface area contributed by atoms with E-state index in [2.05, 4.69) is 5.32 Å². The van der Waals surface area contributed by atoms with E-state index in [9.17, 15) is 9.59 Å². The van der Waals surface area contributed by atoms with Gasteiger partial charge in [-0.2, -0.15) is 0 Å². The summed E-state index contributed by atoms with van der Waals surface area (Å²) in [5.74, 6) is -0.0632. The van der Waals surface area contributed by atoms with E-state index in [1.807, 2.05) is 68.4 Å². The van der Waals surface area contributed by atoms with Gasteiger partial charge in [0.05, 0.1) is 0 Å². The summed E-state index contributed by atoms with van der Waals surface area (Å²) in [6.07, 6.45) is 1.06. The largest absolute Gasteiger partial charge is 0.354 e. The van der Waals surface area contributed by atoms with E-state index in [1.165, 1.54) is 0 Å². The number of amides is 2. The number of aryl methyl sites for hydroxylation is 1. The molecule has 0 aliphatic heterocycles. The van der Waals surface area contributed by atoms with Gasteiger partial charge < -0.3 is 10.2 Å². The number of rotatable bonds is 11. The zero-order valence-corrected chi connectivity index (χ0v) is 22.8. The lowest BCUT2D eigenvalue weighted by Gasteiger charge is -2.32. The second kappa shape index (κ2) is 13.7. The van der Waals surface area contributed by atoms with Crippen LogP contribution in [0.3, 0.4) is 0 Å². The maximum absolute atomic E-state index is 13.7. The SMILES string of the molecule is CC(C)CNC(=O)[C@@H](Cc1ccccc1)N(Cc1ccc(Cl)cc1Cl)C(=O)CCc1ccccc1Cl. The van der Waals surface area contributed by atoms with Crippen LogP contribution in [-0.2, 0) is 29.0 Å². The van der Waals surface area contributed by atoms with Crippen molar-refractivity contribution in [3.8, 4) is 0 Å². The molecule has 4 nitrogen and oxygen atoms in total. The van der Waals surface area contributed by atoms with Crippen molar-refractivity contribution in [2.45, 2.75) is 45.7 Å².